The number of rotatable bonds is 1. The van der Waals surface area contributed by atoms with Crippen LogP contribution in [0.5, 0.6) is 0 Å². The summed E-state index contributed by atoms with van der Waals surface area (Å²) < 4.78 is 1.68. The Morgan fingerprint density at radius 2 is 2.12 bits per heavy atom. The highest BCUT2D eigenvalue weighted by Crippen LogP contribution is 2.24. The zero-order chi connectivity index (χ0) is 12.0. The summed E-state index contributed by atoms with van der Waals surface area (Å²) in [5, 5.41) is 6.27. The normalized spacial score (nSPS) is 11.2. The number of benzene rings is 1. The number of thiazole rings is 1. The van der Waals surface area contributed by atoms with Crippen molar-refractivity contribution in [1.29, 1.82) is 0 Å². The first-order valence-corrected chi connectivity index (χ1v) is 6.20. The first-order valence-electron chi connectivity index (χ1n) is 5.32. The molecule has 0 saturated heterocycles. The smallest absolute Gasteiger partial charge is 0.214 e. The minimum Gasteiger partial charge on any atom is -0.383 e. The van der Waals surface area contributed by atoms with E-state index < -0.39 is 0 Å². The second kappa shape index (κ2) is 3.56. The van der Waals surface area contributed by atoms with Crippen molar-refractivity contribution in [1.82, 2.24) is 14.6 Å². The van der Waals surface area contributed by atoms with E-state index in [1.165, 1.54) is 22.5 Å². The minimum absolute atomic E-state index is 0.633. The van der Waals surface area contributed by atoms with Crippen molar-refractivity contribution in [2.45, 2.75) is 13.8 Å². The molecule has 0 unspecified atom stereocenters. The number of anilines is 1. The van der Waals surface area contributed by atoms with Crippen LogP contribution in [0.2, 0.25) is 0 Å². The Labute approximate surface area is 103 Å². The lowest BCUT2D eigenvalue weighted by molar-refractivity contribution is 0.992. The molecule has 0 fully saturated rings. The predicted octanol–water partition coefficient (Wildman–Crippen LogP) is 2.66. The highest BCUT2D eigenvalue weighted by atomic mass is 32.1. The van der Waals surface area contributed by atoms with Crippen molar-refractivity contribution in [3.8, 4) is 11.4 Å². The van der Waals surface area contributed by atoms with Crippen molar-refractivity contribution in [2.24, 2.45) is 0 Å². The van der Waals surface area contributed by atoms with E-state index in [1.807, 2.05) is 5.38 Å². The maximum Gasteiger partial charge on any atom is 0.214 e. The molecular weight excluding hydrogens is 232 g/mol. The van der Waals surface area contributed by atoms with Gasteiger partial charge < -0.3 is 5.73 Å². The molecule has 5 heteroatoms. The van der Waals surface area contributed by atoms with E-state index in [0.717, 1.165) is 16.3 Å². The number of hydrogen-bond donors (Lipinski definition) is 1. The summed E-state index contributed by atoms with van der Waals surface area (Å²) in [6, 6.07) is 6.26. The Bertz CT molecular complexity index is 696. The second-order valence-electron chi connectivity index (χ2n) is 4.11. The van der Waals surface area contributed by atoms with E-state index >= 15 is 0 Å². The summed E-state index contributed by atoms with van der Waals surface area (Å²) in [5.74, 6) is 1.37. The fourth-order valence-corrected chi connectivity index (χ4v) is 2.60. The number of aromatic nitrogens is 3. The van der Waals surface area contributed by atoms with Crippen molar-refractivity contribution in [2.75, 3.05) is 5.73 Å². The number of nitrogens with two attached hydrogens (primary N) is 1. The van der Waals surface area contributed by atoms with E-state index in [2.05, 4.69) is 42.1 Å². The largest absolute Gasteiger partial charge is 0.383 e. The van der Waals surface area contributed by atoms with Crippen molar-refractivity contribution in [3.63, 3.8) is 0 Å². The number of fused-ring (bicyclic) bond motifs is 1. The molecule has 86 valence electrons. The lowest BCUT2D eigenvalue weighted by Gasteiger charge is -2.01. The van der Waals surface area contributed by atoms with Crippen LogP contribution in [0.3, 0.4) is 0 Å². The Morgan fingerprint density at radius 1 is 1.29 bits per heavy atom. The van der Waals surface area contributed by atoms with Gasteiger partial charge in [-0.15, -0.1) is 16.4 Å². The number of hydrogen-bond acceptors (Lipinski definition) is 4. The molecule has 2 N–H and O–H groups in total. The summed E-state index contributed by atoms with van der Waals surface area (Å²) in [5.41, 5.74) is 9.29. The van der Waals surface area contributed by atoms with Gasteiger partial charge >= 0.3 is 0 Å². The standard InChI is InChI=1S/C12H12N4S/c1-7-3-4-9(8(2)5-7)11-14-12-16(15-11)10(13)6-17-12/h3-6H,13H2,1-2H3. The molecule has 0 aliphatic rings. The molecule has 0 spiro atoms. The molecule has 4 nitrogen and oxygen atoms in total. The molecule has 0 amide bonds. The van der Waals surface area contributed by atoms with Gasteiger partial charge in [0.1, 0.15) is 5.82 Å². The Morgan fingerprint density at radius 3 is 2.82 bits per heavy atom. The monoisotopic (exact) mass is 244 g/mol. The van der Waals surface area contributed by atoms with Gasteiger partial charge in [-0.1, -0.05) is 23.8 Å². The highest BCUT2D eigenvalue weighted by Gasteiger charge is 2.11. The van der Waals surface area contributed by atoms with Crippen LogP contribution in [0.15, 0.2) is 23.6 Å². The maximum absolute atomic E-state index is 5.80. The Hall–Kier alpha value is -1.88. The van der Waals surface area contributed by atoms with Crippen LogP contribution in [-0.2, 0) is 0 Å². The van der Waals surface area contributed by atoms with Gasteiger partial charge in [0.15, 0.2) is 5.82 Å². The molecular formula is C12H12N4S. The van der Waals surface area contributed by atoms with E-state index in [4.69, 9.17) is 5.73 Å². The Kier molecular flexibility index (Phi) is 2.16. The summed E-state index contributed by atoms with van der Waals surface area (Å²) in [7, 11) is 0. The zero-order valence-electron chi connectivity index (χ0n) is 9.64. The summed E-state index contributed by atoms with van der Waals surface area (Å²) >= 11 is 1.50. The van der Waals surface area contributed by atoms with Crippen LogP contribution in [0.25, 0.3) is 16.3 Å². The van der Waals surface area contributed by atoms with Crippen molar-refractivity contribution >= 4 is 22.1 Å². The van der Waals surface area contributed by atoms with E-state index in [0.29, 0.717) is 5.82 Å². The molecule has 0 aliphatic heterocycles. The molecule has 3 rings (SSSR count). The third kappa shape index (κ3) is 1.59. The van der Waals surface area contributed by atoms with Crippen LogP contribution in [-0.4, -0.2) is 14.6 Å². The fourth-order valence-electron chi connectivity index (χ4n) is 1.88. The van der Waals surface area contributed by atoms with Crippen molar-refractivity contribution < 1.29 is 0 Å². The number of nitrogen functional groups attached to an aromatic ring is 1. The van der Waals surface area contributed by atoms with Gasteiger partial charge in [-0.25, -0.2) is 0 Å². The quantitative estimate of drug-likeness (QED) is 0.716. The number of nitrogens with zero attached hydrogens (tertiary/aromatic N) is 3. The third-order valence-electron chi connectivity index (χ3n) is 2.73. The van der Waals surface area contributed by atoms with Gasteiger partial charge in [-0.2, -0.15) is 9.50 Å². The van der Waals surface area contributed by atoms with Crippen LogP contribution >= 0.6 is 11.3 Å². The molecule has 0 atom stereocenters. The lowest BCUT2D eigenvalue weighted by atomic mass is 10.1. The molecule has 17 heavy (non-hydrogen) atoms. The van der Waals surface area contributed by atoms with Gasteiger partial charge in [-0.3, -0.25) is 0 Å². The van der Waals surface area contributed by atoms with Gasteiger partial charge in [0.25, 0.3) is 0 Å². The van der Waals surface area contributed by atoms with Crippen LogP contribution < -0.4 is 5.73 Å². The van der Waals surface area contributed by atoms with Gasteiger partial charge in [0.2, 0.25) is 4.96 Å². The van der Waals surface area contributed by atoms with E-state index in [1.54, 1.807) is 4.52 Å². The third-order valence-corrected chi connectivity index (χ3v) is 3.56. The molecule has 0 bridgehead atoms. The average molecular weight is 244 g/mol. The molecule has 0 saturated carbocycles. The first-order chi connectivity index (χ1) is 8.15. The SMILES string of the molecule is Cc1ccc(-c2nc3scc(N)n3n2)c(C)c1. The van der Waals surface area contributed by atoms with Crippen LogP contribution in [0, 0.1) is 13.8 Å². The van der Waals surface area contributed by atoms with Gasteiger partial charge in [0, 0.05) is 10.9 Å². The molecule has 2 heterocycles. The van der Waals surface area contributed by atoms with E-state index in [-0.39, 0.29) is 0 Å². The fraction of sp³-hybridized carbons (Fsp3) is 0.167. The molecule has 0 aliphatic carbocycles. The van der Waals surface area contributed by atoms with Crippen molar-refractivity contribution in [3.05, 3.63) is 34.7 Å². The molecule has 1 aromatic carbocycles. The summed E-state index contributed by atoms with van der Waals surface area (Å²) in [4.78, 5) is 5.32. The van der Waals surface area contributed by atoms with E-state index in [9.17, 15) is 0 Å². The number of aryl methyl sites for hydroxylation is 2. The maximum atomic E-state index is 5.80. The lowest BCUT2D eigenvalue weighted by Crippen LogP contribution is -1.93. The van der Waals surface area contributed by atoms with Crippen LogP contribution in [0.1, 0.15) is 11.1 Å². The van der Waals surface area contributed by atoms with Crippen LogP contribution in [0.4, 0.5) is 5.82 Å². The zero-order valence-corrected chi connectivity index (χ0v) is 10.5. The van der Waals surface area contributed by atoms with Gasteiger partial charge in [0.05, 0.1) is 0 Å². The average Bonchev–Trinajstić information content (AvgIpc) is 2.81. The summed E-state index contributed by atoms with van der Waals surface area (Å²) in [6.07, 6.45) is 0. The topological polar surface area (TPSA) is 56.2 Å². The minimum atomic E-state index is 0.633. The Balaban J connectivity index is 2.20. The second-order valence-corrected chi connectivity index (χ2v) is 4.95. The highest BCUT2D eigenvalue weighted by molar-refractivity contribution is 7.15. The van der Waals surface area contributed by atoms with Gasteiger partial charge in [-0.05, 0) is 19.4 Å². The summed E-state index contributed by atoms with van der Waals surface area (Å²) in [6.45, 7) is 4.15. The molecule has 2 aromatic heterocycles. The predicted molar refractivity (Wildman–Crippen MR) is 70.2 cm³/mol. The molecule has 0 radical (unpaired) electrons. The molecule has 3 aromatic rings. The first kappa shape index (κ1) is 10.3.